The average molecular weight is 470 g/mol. The van der Waals surface area contributed by atoms with Gasteiger partial charge in [-0.05, 0) is 62.4 Å². The third-order valence-corrected chi connectivity index (χ3v) is 7.75. The van der Waals surface area contributed by atoms with Gasteiger partial charge in [0.1, 0.15) is 0 Å². The van der Waals surface area contributed by atoms with Crippen molar-refractivity contribution in [1.82, 2.24) is 4.57 Å². The lowest BCUT2D eigenvalue weighted by atomic mass is 9.91. The Hall–Kier alpha value is -4.88. The highest BCUT2D eigenvalue weighted by molar-refractivity contribution is 6.21. The van der Waals surface area contributed by atoms with Gasteiger partial charge in [0.15, 0.2) is 0 Å². The highest BCUT2D eigenvalue weighted by Crippen LogP contribution is 2.51. The molecule has 1 heterocycles. The molecule has 0 N–H and O–H groups in total. The van der Waals surface area contributed by atoms with Crippen LogP contribution in [0.15, 0.2) is 140 Å². The summed E-state index contributed by atoms with van der Waals surface area (Å²) in [5.41, 5.74) is 12.6. The molecule has 0 saturated heterocycles. The maximum Gasteiger partial charge on any atom is 0.0547 e. The minimum Gasteiger partial charge on any atom is -0.316 e. The van der Waals surface area contributed by atoms with Crippen LogP contribution in [0.3, 0.4) is 0 Å². The van der Waals surface area contributed by atoms with Crippen LogP contribution in [0.4, 0.5) is 0 Å². The van der Waals surface area contributed by atoms with Gasteiger partial charge in [0.05, 0.1) is 5.52 Å². The van der Waals surface area contributed by atoms with E-state index in [0.29, 0.717) is 0 Å². The Morgan fingerprint density at radius 2 is 1.05 bits per heavy atom. The third kappa shape index (κ3) is 2.98. The van der Waals surface area contributed by atoms with Crippen LogP contribution < -0.4 is 0 Å². The Morgan fingerprint density at radius 3 is 1.86 bits per heavy atom. The predicted octanol–water partition coefficient (Wildman–Crippen LogP) is 9.77. The van der Waals surface area contributed by atoms with Crippen molar-refractivity contribution >= 4 is 21.7 Å². The fourth-order valence-corrected chi connectivity index (χ4v) is 6.11. The Morgan fingerprint density at radius 1 is 0.432 bits per heavy atom. The van der Waals surface area contributed by atoms with Crippen LogP contribution in [0.2, 0.25) is 0 Å². The fraction of sp³-hybridized carbons (Fsp3) is 0. The molecule has 7 aromatic rings. The first-order valence-electron chi connectivity index (χ1n) is 12.8. The zero-order chi connectivity index (χ0) is 24.3. The van der Waals surface area contributed by atoms with Crippen LogP contribution in [0.5, 0.6) is 0 Å². The lowest BCUT2D eigenvalue weighted by Crippen LogP contribution is -1.94. The van der Waals surface area contributed by atoms with E-state index in [-0.39, 0.29) is 0 Å². The lowest BCUT2D eigenvalue weighted by molar-refractivity contribution is 1.13. The highest BCUT2D eigenvalue weighted by atomic mass is 15.0. The molecule has 1 aromatic heterocycles. The lowest BCUT2D eigenvalue weighted by Gasteiger charge is -2.15. The number of rotatable bonds is 2. The number of benzene rings is 6. The minimum absolute atomic E-state index is 1.17. The van der Waals surface area contributed by atoms with Crippen molar-refractivity contribution in [3.05, 3.63) is 140 Å². The van der Waals surface area contributed by atoms with E-state index in [2.05, 4.69) is 144 Å². The van der Waals surface area contributed by atoms with E-state index in [1.807, 2.05) is 0 Å². The zero-order valence-corrected chi connectivity index (χ0v) is 20.2. The van der Waals surface area contributed by atoms with Crippen LogP contribution >= 0.6 is 0 Å². The van der Waals surface area contributed by atoms with Gasteiger partial charge < -0.3 is 4.57 Å². The molecular weight excluding hydrogens is 446 g/mol. The van der Waals surface area contributed by atoms with E-state index in [0.717, 1.165) is 0 Å². The van der Waals surface area contributed by atoms with E-state index in [1.165, 1.54) is 71.9 Å². The van der Waals surface area contributed by atoms with Crippen molar-refractivity contribution < 1.29 is 0 Å². The Labute approximate surface area is 215 Å². The summed E-state index contributed by atoms with van der Waals surface area (Å²) in [6, 6.07) is 48.4. The molecule has 0 atom stereocenters. The minimum atomic E-state index is 1.17. The van der Waals surface area contributed by atoms with Gasteiger partial charge in [0.2, 0.25) is 0 Å². The molecule has 172 valence electrons. The summed E-state index contributed by atoms with van der Waals surface area (Å²) < 4.78 is 2.39. The molecule has 1 heteroatoms. The van der Waals surface area contributed by atoms with Gasteiger partial charge in [0, 0.05) is 28.4 Å². The monoisotopic (exact) mass is 469 g/mol. The maximum absolute atomic E-state index is 2.39. The Kier molecular flexibility index (Phi) is 4.29. The summed E-state index contributed by atoms with van der Waals surface area (Å²) in [6.07, 6.45) is 2.35. The quantitative estimate of drug-likeness (QED) is 0.237. The van der Waals surface area contributed by atoms with Gasteiger partial charge in [-0.1, -0.05) is 115 Å². The summed E-state index contributed by atoms with van der Waals surface area (Å²) in [4.78, 5) is 0. The standard InChI is InChI=1S/C36H23N/c1-2-11-24(12-3-1)25-14-10-15-27(21-25)37-23-33-31-19-7-6-17-29(31)30-18-8-9-20-32(30)35-28-16-5-4-13-26(28)22-34(37)36(33)35/h1-23H. The van der Waals surface area contributed by atoms with Crippen LogP contribution in [-0.2, 0) is 0 Å². The van der Waals surface area contributed by atoms with Gasteiger partial charge in [-0.25, -0.2) is 0 Å². The van der Waals surface area contributed by atoms with Crippen LogP contribution in [0.1, 0.15) is 0 Å². The first kappa shape index (κ1) is 20.3. The molecule has 6 aromatic carbocycles. The Bertz CT molecular complexity index is 1970. The first-order chi connectivity index (χ1) is 18.4. The van der Waals surface area contributed by atoms with E-state index < -0.39 is 0 Å². The fourth-order valence-electron chi connectivity index (χ4n) is 6.11. The summed E-state index contributed by atoms with van der Waals surface area (Å²) in [7, 11) is 0. The second-order valence-electron chi connectivity index (χ2n) is 9.79. The SMILES string of the molecule is c1ccc(-c2cccc(-n3cc4c5c(c6ccccc6cc53)-c3ccccc3-c3ccccc3-4)c2)cc1. The van der Waals surface area contributed by atoms with E-state index >= 15 is 0 Å². The second kappa shape index (κ2) is 7.81. The molecule has 0 spiro atoms. The van der Waals surface area contributed by atoms with Crippen LogP contribution in [0, 0.1) is 0 Å². The van der Waals surface area contributed by atoms with E-state index in [4.69, 9.17) is 0 Å². The molecule has 0 amide bonds. The van der Waals surface area contributed by atoms with Crippen LogP contribution in [-0.4, -0.2) is 4.57 Å². The molecule has 1 aliphatic carbocycles. The van der Waals surface area contributed by atoms with Gasteiger partial charge in [-0.2, -0.15) is 0 Å². The first-order valence-corrected chi connectivity index (χ1v) is 12.8. The highest BCUT2D eigenvalue weighted by Gasteiger charge is 2.25. The average Bonchev–Trinajstić information content (AvgIpc) is 3.29. The van der Waals surface area contributed by atoms with Crippen molar-refractivity contribution in [2.24, 2.45) is 0 Å². The molecular formula is C36H23N. The number of hydrogen-bond donors (Lipinski definition) is 0. The van der Waals surface area contributed by atoms with E-state index in [9.17, 15) is 0 Å². The summed E-state index contributed by atoms with van der Waals surface area (Å²) in [5.74, 6) is 0. The number of nitrogens with zero attached hydrogens (tertiary/aromatic N) is 1. The number of aromatic nitrogens is 1. The van der Waals surface area contributed by atoms with Gasteiger partial charge >= 0.3 is 0 Å². The Balaban J connectivity index is 1.52. The van der Waals surface area contributed by atoms with Crippen molar-refractivity contribution in [1.29, 1.82) is 0 Å². The van der Waals surface area contributed by atoms with Crippen LogP contribution in [0.25, 0.3) is 71.9 Å². The number of fused-ring (bicyclic) bond motifs is 7. The molecule has 8 rings (SSSR count). The smallest absolute Gasteiger partial charge is 0.0547 e. The zero-order valence-electron chi connectivity index (χ0n) is 20.2. The van der Waals surface area contributed by atoms with Gasteiger partial charge in [-0.3, -0.25) is 0 Å². The molecule has 0 unspecified atom stereocenters. The van der Waals surface area contributed by atoms with Crippen molar-refractivity contribution in [3.63, 3.8) is 0 Å². The second-order valence-corrected chi connectivity index (χ2v) is 9.79. The largest absolute Gasteiger partial charge is 0.316 e. The van der Waals surface area contributed by atoms with E-state index in [1.54, 1.807) is 0 Å². The molecule has 37 heavy (non-hydrogen) atoms. The van der Waals surface area contributed by atoms with Crippen molar-refractivity contribution in [3.8, 4) is 50.2 Å². The van der Waals surface area contributed by atoms with Crippen molar-refractivity contribution in [2.45, 2.75) is 0 Å². The van der Waals surface area contributed by atoms with Crippen molar-refractivity contribution in [2.75, 3.05) is 0 Å². The molecule has 0 radical (unpaired) electrons. The number of hydrogen-bond acceptors (Lipinski definition) is 0. The molecule has 0 aliphatic heterocycles. The summed E-state index contributed by atoms with van der Waals surface area (Å²) >= 11 is 0. The molecule has 0 fully saturated rings. The van der Waals surface area contributed by atoms with Gasteiger partial charge in [-0.15, -0.1) is 0 Å². The third-order valence-electron chi connectivity index (χ3n) is 7.75. The predicted molar refractivity (Wildman–Crippen MR) is 156 cm³/mol. The molecule has 0 saturated carbocycles. The molecule has 1 nitrogen and oxygen atoms in total. The molecule has 0 bridgehead atoms. The topological polar surface area (TPSA) is 4.93 Å². The normalized spacial score (nSPS) is 11.8. The maximum atomic E-state index is 2.39. The summed E-state index contributed by atoms with van der Waals surface area (Å²) in [5, 5.41) is 3.88. The van der Waals surface area contributed by atoms with Gasteiger partial charge in [0.25, 0.3) is 0 Å². The summed E-state index contributed by atoms with van der Waals surface area (Å²) in [6.45, 7) is 0. The molecule has 1 aliphatic rings.